The summed E-state index contributed by atoms with van der Waals surface area (Å²) in [5.41, 5.74) is 0.956. The van der Waals surface area contributed by atoms with Crippen LogP contribution < -0.4 is 11.1 Å². The quantitative estimate of drug-likeness (QED) is 0.394. The molecule has 0 aliphatic carbocycles. The van der Waals surface area contributed by atoms with Crippen molar-refractivity contribution in [3.8, 4) is 0 Å². The second-order valence-electron chi connectivity index (χ2n) is 4.57. The van der Waals surface area contributed by atoms with E-state index in [2.05, 4.69) is 5.73 Å². The highest BCUT2D eigenvalue weighted by Gasteiger charge is 2.34. The Kier molecular flexibility index (Phi) is 4.55. The number of rotatable bonds is 5. The van der Waals surface area contributed by atoms with Gasteiger partial charge in [-0.2, -0.15) is 0 Å². The minimum absolute atomic E-state index is 0.381. The normalized spacial score (nSPS) is 14.2. The third kappa shape index (κ3) is 2.69. The minimum Gasteiger partial charge on any atom is -0.395 e. The molecule has 24 heavy (non-hydrogen) atoms. The van der Waals surface area contributed by atoms with Gasteiger partial charge in [-0.15, -0.1) is 0 Å². The molecule has 1 aliphatic heterocycles. The molecule has 0 atom stereocenters. The molecule has 0 aromatic heterocycles. The Morgan fingerprint density at radius 1 is 1.12 bits per heavy atom. The second-order valence-corrected chi connectivity index (χ2v) is 4.57. The van der Waals surface area contributed by atoms with Crippen molar-refractivity contribution in [2.75, 3.05) is 18.5 Å². The van der Waals surface area contributed by atoms with Gasteiger partial charge in [0.25, 0.3) is 17.7 Å². The first-order chi connectivity index (χ1) is 11.2. The highest BCUT2D eigenvalue weighted by molar-refractivity contribution is 6.17. The number of carbonyl (C=O) groups is 3. The van der Waals surface area contributed by atoms with Gasteiger partial charge in [0, 0.05) is 6.08 Å². The zero-order chi connectivity index (χ0) is 18.2. The minimum atomic E-state index is -2.05. The molecule has 2 rings (SSSR count). The Morgan fingerprint density at radius 3 is 2.12 bits per heavy atom. The second kappa shape index (κ2) is 6.28. The van der Waals surface area contributed by atoms with Gasteiger partial charge in [0.15, 0.2) is 23.3 Å². The summed E-state index contributed by atoms with van der Waals surface area (Å²) in [4.78, 5) is 34.7. The predicted octanol–water partition coefficient (Wildman–Crippen LogP) is -0.00120. The fraction of sp³-hybridized carbons (Fsp3) is 0.154. The smallest absolute Gasteiger partial charge is 0.277 e. The Bertz CT molecular complexity index is 765. The zero-order valence-corrected chi connectivity index (χ0v) is 11.7. The molecule has 0 saturated carbocycles. The maximum atomic E-state index is 13.9. The molecule has 7 nitrogen and oxygen atoms in total. The van der Waals surface area contributed by atoms with Crippen LogP contribution in [0.5, 0.6) is 0 Å². The van der Waals surface area contributed by atoms with E-state index in [1.54, 1.807) is 5.32 Å². The number of aliphatic hydroxyl groups excluding tert-OH is 1. The molecule has 1 heterocycles. The molecular formula is C13H9F4N3O4. The van der Waals surface area contributed by atoms with Crippen LogP contribution >= 0.6 is 0 Å². The Hall–Kier alpha value is -2.95. The van der Waals surface area contributed by atoms with E-state index in [0.717, 1.165) is 0 Å². The number of nitrogens with two attached hydrogens (primary N) is 1. The van der Waals surface area contributed by atoms with E-state index >= 15 is 0 Å². The number of nitrogens with one attached hydrogen (secondary N) is 1. The fourth-order valence-corrected chi connectivity index (χ4v) is 2.00. The molecule has 11 heteroatoms. The van der Waals surface area contributed by atoms with Gasteiger partial charge >= 0.3 is 0 Å². The van der Waals surface area contributed by atoms with Crippen LogP contribution in [0.4, 0.5) is 23.2 Å². The number of carbonyl (C=O) groups excluding carboxylic acids is 3. The molecule has 4 N–H and O–H groups in total. The molecule has 1 aliphatic rings. The number of imide groups is 1. The van der Waals surface area contributed by atoms with Crippen LogP contribution in [-0.4, -0.2) is 40.9 Å². The lowest BCUT2D eigenvalue weighted by Gasteiger charge is -2.15. The van der Waals surface area contributed by atoms with E-state index in [1.165, 1.54) is 0 Å². The van der Waals surface area contributed by atoms with Gasteiger partial charge < -0.3 is 16.2 Å². The summed E-state index contributed by atoms with van der Waals surface area (Å²) in [6.45, 7) is -0.939. The van der Waals surface area contributed by atoms with E-state index in [4.69, 9.17) is 5.11 Å². The van der Waals surface area contributed by atoms with Crippen LogP contribution in [0.15, 0.2) is 11.8 Å². The van der Waals surface area contributed by atoms with Crippen molar-refractivity contribution >= 4 is 23.4 Å². The molecule has 0 fully saturated rings. The van der Waals surface area contributed by atoms with Gasteiger partial charge in [-0.1, -0.05) is 0 Å². The van der Waals surface area contributed by atoms with E-state index < -0.39 is 64.5 Å². The van der Waals surface area contributed by atoms with E-state index in [1.807, 2.05) is 0 Å². The first kappa shape index (κ1) is 17.4. The number of halogens is 4. The van der Waals surface area contributed by atoms with Crippen molar-refractivity contribution in [3.63, 3.8) is 0 Å². The third-order valence-electron chi connectivity index (χ3n) is 3.10. The predicted molar refractivity (Wildman–Crippen MR) is 70.3 cm³/mol. The number of benzene rings is 1. The van der Waals surface area contributed by atoms with Crippen molar-refractivity contribution in [1.29, 1.82) is 0 Å². The van der Waals surface area contributed by atoms with Crippen LogP contribution in [0.1, 0.15) is 10.4 Å². The lowest BCUT2D eigenvalue weighted by Crippen LogP contribution is -2.34. The fourth-order valence-electron chi connectivity index (χ4n) is 2.00. The van der Waals surface area contributed by atoms with Gasteiger partial charge in [-0.3, -0.25) is 19.3 Å². The van der Waals surface area contributed by atoms with Gasteiger partial charge in [0.1, 0.15) is 16.9 Å². The van der Waals surface area contributed by atoms with Crippen molar-refractivity contribution in [1.82, 2.24) is 4.90 Å². The van der Waals surface area contributed by atoms with Crippen LogP contribution in [-0.2, 0) is 9.59 Å². The summed E-state index contributed by atoms with van der Waals surface area (Å²) in [5, 5.41) is 10.5. The van der Waals surface area contributed by atoms with Crippen molar-refractivity contribution in [2.24, 2.45) is 5.73 Å². The van der Waals surface area contributed by atoms with Crippen molar-refractivity contribution < 1.29 is 37.1 Å². The summed E-state index contributed by atoms with van der Waals surface area (Å²) in [7, 11) is 0. The zero-order valence-electron chi connectivity index (χ0n) is 11.7. The number of aliphatic hydroxyl groups is 1. The third-order valence-corrected chi connectivity index (χ3v) is 3.10. The number of hydrogen-bond acceptors (Lipinski definition) is 5. The summed E-state index contributed by atoms with van der Waals surface area (Å²) in [5.74, 6) is -11.8. The lowest BCUT2D eigenvalue weighted by atomic mass is 10.1. The van der Waals surface area contributed by atoms with Crippen LogP contribution in [0.2, 0.25) is 0 Å². The maximum Gasteiger partial charge on any atom is 0.277 e. The topological polar surface area (TPSA) is 113 Å². The Labute approximate surface area is 131 Å². The highest BCUT2D eigenvalue weighted by Crippen LogP contribution is 2.29. The van der Waals surface area contributed by atoms with Gasteiger partial charge in [-0.05, 0) is 0 Å². The lowest BCUT2D eigenvalue weighted by molar-refractivity contribution is -0.137. The summed E-state index contributed by atoms with van der Waals surface area (Å²) < 4.78 is 55.0. The monoisotopic (exact) mass is 347 g/mol. The number of nitrogens with zero attached hydrogens (tertiary/aromatic N) is 1. The summed E-state index contributed by atoms with van der Waals surface area (Å²) in [6.07, 6.45) is 0.634. The SMILES string of the molecule is NC(=O)c1c(F)c(F)c(NC2=CC(=O)N(CCO)C2=O)c(F)c1F. The standard InChI is InChI=1S/C13H9F4N3O4/c14-7-6(12(18)23)8(15)10(17)11(9(7)16)19-4-3-5(22)20(1-2-21)13(4)24/h3,19,21H,1-2H2,(H2,18,23). The molecular weight excluding hydrogens is 338 g/mol. The summed E-state index contributed by atoms with van der Waals surface area (Å²) in [6, 6.07) is 0. The highest BCUT2D eigenvalue weighted by atomic mass is 19.2. The Morgan fingerprint density at radius 2 is 1.67 bits per heavy atom. The van der Waals surface area contributed by atoms with Gasteiger partial charge in [0.2, 0.25) is 0 Å². The van der Waals surface area contributed by atoms with Gasteiger partial charge in [0.05, 0.1) is 13.2 Å². The number of primary amides is 1. The van der Waals surface area contributed by atoms with E-state index in [9.17, 15) is 31.9 Å². The summed E-state index contributed by atoms with van der Waals surface area (Å²) >= 11 is 0. The first-order valence-corrected chi connectivity index (χ1v) is 6.31. The molecule has 0 saturated heterocycles. The molecule has 1 aromatic carbocycles. The van der Waals surface area contributed by atoms with Crippen LogP contribution in [0, 0.1) is 23.3 Å². The molecule has 3 amide bonds. The number of hydrogen-bond donors (Lipinski definition) is 3. The molecule has 1 aromatic rings. The molecule has 128 valence electrons. The number of β-amino-alcohol motifs (C(OH)–C–C–N with tert-alkyl or cyclic N) is 1. The van der Waals surface area contributed by atoms with Crippen LogP contribution in [0.25, 0.3) is 0 Å². The maximum absolute atomic E-state index is 13.9. The molecule has 0 spiro atoms. The van der Waals surface area contributed by atoms with Gasteiger partial charge in [-0.25, -0.2) is 17.6 Å². The average molecular weight is 347 g/mol. The van der Waals surface area contributed by atoms with Crippen LogP contribution in [0.3, 0.4) is 0 Å². The van der Waals surface area contributed by atoms with E-state index in [-0.39, 0.29) is 6.54 Å². The van der Waals surface area contributed by atoms with Crippen molar-refractivity contribution in [2.45, 2.75) is 0 Å². The van der Waals surface area contributed by atoms with Crippen molar-refractivity contribution in [3.05, 3.63) is 40.6 Å². The molecule has 0 bridgehead atoms. The Balaban J connectivity index is 2.46. The molecule has 0 radical (unpaired) electrons. The number of amides is 3. The first-order valence-electron chi connectivity index (χ1n) is 6.31. The number of anilines is 1. The average Bonchev–Trinajstić information content (AvgIpc) is 2.77. The van der Waals surface area contributed by atoms with E-state index in [0.29, 0.717) is 11.0 Å². The largest absolute Gasteiger partial charge is 0.395 e. The molecule has 0 unspecified atom stereocenters.